The van der Waals surface area contributed by atoms with Gasteiger partial charge in [0.25, 0.3) is 0 Å². The van der Waals surface area contributed by atoms with Gasteiger partial charge in [0.15, 0.2) is 0 Å². The van der Waals surface area contributed by atoms with E-state index in [9.17, 15) is 9.59 Å². The number of nitrogens with zero attached hydrogens (tertiary/aromatic N) is 1. The summed E-state index contributed by atoms with van der Waals surface area (Å²) in [6.45, 7) is 2.19. The van der Waals surface area contributed by atoms with Crippen LogP contribution >= 0.6 is 15.9 Å². The van der Waals surface area contributed by atoms with Crippen molar-refractivity contribution in [2.75, 3.05) is 34.3 Å². The van der Waals surface area contributed by atoms with Crippen LogP contribution in [-0.4, -0.2) is 51.0 Å². The number of methoxy groups -OCH3 is 1. The number of hydrogen-bond donors (Lipinski definition) is 2. The van der Waals surface area contributed by atoms with Gasteiger partial charge in [0.2, 0.25) is 11.8 Å². The predicted octanol–water partition coefficient (Wildman–Crippen LogP) is 1.31. The molecule has 0 aromatic heterocycles. The fourth-order valence-corrected chi connectivity index (χ4v) is 2.39. The second-order valence-corrected chi connectivity index (χ2v) is 5.77. The molecule has 0 bridgehead atoms. The number of hydrogen-bond acceptors (Lipinski definition) is 4. The number of halogens is 1. The molecule has 22 heavy (non-hydrogen) atoms. The number of ether oxygens (including phenoxy) is 1. The first-order valence-corrected chi connectivity index (χ1v) is 7.69. The largest absolute Gasteiger partial charge is 0.496 e. The van der Waals surface area contributed by atoms with Crippen molar-refractivity contribution in [3.63, 3.8) is 0 Å². The van der Waals surface area contributed by atoms with E-state index in [1.807, 2.05) is 25.1 Å². The maximum Gasteiger partial charge on any atom is 0.239 e. The summed E-state index contributed by atoms with van der Waals surface area (Å²) < 4.78 is 6.06. The lowest BCUT2D eigenvalue weighted by Gasteiger charge is -2.19. The van der Waals surface area contributed by atoms with E-state index < -0.39 is 0 Å². The van der Waals surface area contributed by atoms with E-state index in [4.69, 9.17) is 4.74 Å². The van der Waals surface area contributed by atoms with Gasteiger partial charge in [-0.05, 0) is 40.5 Å². The first-order chi connectivity index (χ1) is 10.4. The molecule has 1 aromatic rings. The number of likely N-dealkylation sites (N-methyl/N-ethyl adjacent to an activating group) is 2. The minimum atomic E-state index is -0.192. The average Bonchev–Trinajstić information content (AvgIpc) is 2.51. The second kappa shape index (κ2) is 8.75. The van der Waals surface area contributed by atoms with Crippen molar-refractivity contribution in [3.05, 3.63) is 28.2 Å². The SMILES string of the molecule is CNC(=O)CN(C)C(=O)CN[C@H](C)c1ccc(OC)c(Br)c1. The Morgan fingerprint density at radius 2 is 2.09 bits per heavy atom. The molecule has 0 saturated heterocycles. The Balaban J connectivity index is 2.55. The van der Waals surface area contributed by atoms with Gasteiger partial charge in [0.05, 0.1) is 24.7 Å². The minimum Gasteiger partial charge on any atom is -0.496 e. The van der Waals surface area contributed by atoms with Gasteiger partial charge in [-0.15, -0.1) is 0 Å². The van der Waals surface area contributed by atoms with Crippen molar-refractivity contribution < 1.29 is 14.3 Å². The topological polar surface area (TPSA) is 70.7 Å². The van der Waals surface area contributed by atoms with Crippen LogP contribution in [0.4, 0.5) is 0 Å². The Hall–Kier alpha value is -1.60. The fraction of sp³-hybridized carbons (Fsp3) is 0.467. The van der Waals surface area contributed by atoms with Gasteiger partial charge >= 0.3 is 0 Å². The molecular weight excluding hydrogens is 350 g/mol. The van der Waals surface area contributed by atoms with Crippen LogP contribution in [0, 0.1) is 0 Å². The van der Waals surface area contributed by atoms with Crippen molar-refractivity contribution in [2.24, 2.45) is 0 Å². The molecule has 7 heteroatoms. The third kappa shape index (κ3) is 5.31. The second-order valence-electron chi connectivity index (χ2n) is 4.92. The van der Waals surface area contributed by atoms with Crippen LogP contribution in [0.25, 0.3) is 0 Å². The van der Waals surface area contributed by atoms with Crippen LogP contribution in [0.2, 0.25) is 0 Å². The van der Waals surface area contributed by atoms with Gasteiger partial charge in [-0.1, -0.05) is 6.07 Å². The molecule has 1 rings (SSSR count). The number of nitrogens with one attached hydrogen (secondary N) is 2. The molecule has 122 valence electrons. The van der Waals surface area contributed by atoms with Crippen molar-refractivity contribution in [1.29, 1.82) is 0 Å². The normalized spacial score (nSPS) is 11.7. The third-order valence-corrected chi connectivity index (χ3v) is 3.94. The summed E-state index contributed by atoms with van der Waals surface area (Å²) >= 11 is 3.44. The minimum absolute atomic E-state index is 0.000409. The lowest BCUT2D eigenvalue weighted by molar-refractivity contribution is -0.133. The molecule has 0 aliphatic rings. The molecule has 0 aliphatic carbocycles. The van der Waals surface area contributed by atoms with Gasteiger partial charge < -0.3 is 20.3 Å². The third-order valence-electron chi connectivity index (χ3n) is 3.32. The van der Waals surface area contributed by atoms with E-state index >= 15 is 0 Å². The molecule has 0 radical (unpaired) electrons. The number of rotatable bonds is 7. The highest BCUT2D eigenvalue weighted by molar-refractivity contribution is 9.10. The standard InChI is InChI=1S/C15H22BrN3O3/c1-10(11-5-6-13(22-4)12(16)7-11)18-8-15(21)19(3)9-14(20)17-2/h5-7,10,18H,8-9H2,1-4H3,(H,17,20)/t10-/m1/s1. The van der Waals surface area contributed by atoms with E-state index in [0.29, 0.717) is 0 Å². The van der Waals surface area contributed by atoms with Gasteiger partial charge in [0, 0.05) is 20.1 Å². The van der Waals surface area contributed by atoms with Crippen LogP contribution in [-0.2, 0) is 9.59 Å². The summed E-state index contributed by atoms with van der Waals surface area (Å²) in [6.07, 6.45) is 0. The van der Waals surface area contributed by atoms with E-state index in [1.54, 1.807) is 21.2 Å². The highest BCUT2D eigenvalue weighted by Gasteiger charge is 2.14. The average molecular weight is 372 g/mol. The van der Waals surface area contributed by atoms with Crippen LogP contribution in [0.3, 0.4) is 0 Å². The highest BCUT2D eigenvalue weighted by Crippen LogP contribution is 2.27. The van der Waals surface area contributed by atoms with Crippen LogP contribution in [0.15, 0.2) is 22.7 Å². The summed E-state index contributed by atoms with van der Waals surface area (Å²) in [4.78, 5) is 24.6. The predicted molar refractivity (Wildman–Crippen MR) is 88.8 cm³/mol. The van der Waals surface area contributed by atoms with E-state index in [1.165, 1.54) is 4.90 Å². The van der Waals surface area contributed by atoms with Crippen LogP contribution in [0.1, 0.15) is 18.5 Å². The van der Waals surface area contributed by atoms with E-state index in [-0.39, 0.29) is 30.9 Å². The van der Waals surface area contributed by atoms with Crippen molar-refractivity contribution in [3.8, 4) is 5.75 Å². The molecule has 1 aromatic carbocycles. The van der Waals surface area contributed by atoms with Crippen molar-refractivity contribution >= 4 is 27.7 Å². The van der Waals surface area contributed by atoms with Crippen molar-refractivity contribution in [1.82, 2.24) is 15.5 Å². The molecule has 1 atom stereocenters. The molecule has 2 N–H and O–H groups in total. The number of carbonyl (C=O) groups is 2. The Morgan fingerprint density at radius 1 is 1.41 bits per heavy atom. The summed E-state index contributed by atoms with van der Waals surface area (Å²) in [5.41, 5.74) is 1.04. The van der Waals surface area contributed by atoms with E-state index in [2.05, 4.69) is 26.6 Å². The maximum atomic E-state index is 12.0. The molecule has 2 amide bonds. The van der Waals surface area contributed by atoms with Crippen LogP contribution < -0.4 is 15.4 Å². The van der Waals surface area contributed by atoms with Crippen molar-refractivity contribution in [2.45, 2.75) is 13.0 Å². The van der Waals surface area contributed by atoms with Gasteiger partial charge in [0.1, 0.15) is 5.75 Å². The zero-order chi connectivity index (χ0) is 16.7. The summed E-state index contributed by atoms with van der Waals surface area (Å²) in [6, 6.07) is 5.77. The Bertz CT molecular complexity index is 537. The summed E-state index contributed by atoms with van der Waals surface area (Å²) in [5, 5.41) is 5.64. The first-order valence-electron chi connectivity index (χ1n) is 6.90. The number of amides is 2. The maximum absolute atomic E-state index is 12.0. The Labute approximate surface area is 139 Å². The quantitative estimate of drug-likeness (QED) is 0.757. The smallest absolute Gasteiger partial charge is 0.239 e. The molecule has 0 fully saturated rings. The molecule has 0 aliphatic heterocycles. The molecule has 0 spiro atoms. The number of benzene rings is 1. The summed E-state index contributed by atoms with van der Waals surface area (Å²) in [7, 11) is 4.76. The van der Waals surface area contributed by atoms with Gasteiger partial charge in [-0.2, -0.15) is 0 Å². The number of carbonyl (C=O) groups excluding carboxylic acids is 2. The van der Waals surface area contributed by atoms with Gasteiger partial charge in [-0.3, -0.25) is 9.59 Å². The molecule has 6 nitrogen and oxygen atoms in total. The molecule has 0 unspecified atom stereocenters. The Morgan fingerprint density at radius 3 is 2.64 bits per heavy atom. The van der Waals surface area contributed by atoms with Crippen LogP contribution in [0.5, 0.6) is 5.75 Å². The van der Waals surface area contributed by atoms with Gasteiger partial charge in [-0.25, -0.2) is 0 Å². The molecule has 0 heterocycles. The molecule has 0 saturated carbocycles. The van der Waals surface area contributed by atoms with E-state index in [0.717, 1.165) is 15.8 Å². The lowest BCUT2D eigenvalue weighted by Crippen LogP contribution is -2.41. The first kappa shape index (κ1) is 18.4. The highest BCUT2D eigenvalue weighted by atomic mass is 79.9. The zero-order valence-electron chi connectivity index (χ0n) is 13.3. The molecular formula is C15H22BrN3O3. The Kier molecular flexibility index (Phi) is 7.34. The fourth-order valence-electron chi connectivity index (χ4n) is 1.83. The summed E-state index contributed by atoms with van der Waals surface area (Å²) in [5.74, 6) is 0.434. The lowest BCUT2D eigenvalue weighted by atomic mass is 10.1. The zero-order valence-corrected chi connectivity index (χ0v) is 14.9. The monoisotopic (exact) mass is 371 g/mol.